The Morgan fingerprint density at radius 1 is 1.16 bits per heavy atom. The molecule has 0 aromatic heterocycles. The Balaban J connectivity index is 2.63. The van der Waals surface area contributed by atoms with Crippen LogP contribution in [0.3, 0.4) is 0 Å². The molecule has 1 aliphatic carbocycles. The van der Waals surface area contributed by atoms with E-state index in [0.717, 1.165) is 58.2 Å². The molecule has 0 heterocycles. The number of hydrogen-bond acceptors (Lipinski definition) is 3. The van der Waals surface area contributed by atoms with Gasteiger partial charge in [-0.2, -0.15) is 0 Å². The molecule has 0 aromatic carbocycles. The van der Waals surface area contributed by atoms with Crippen molar-refractivity contribution >= 4 is 5.91 Å². The highest BCUT2D eigenvalue weighted by Crippen LogP contribution is 2.34. The van der Waals surface area contributed by atoms with Crippen LogP contribution in [-0.2, 0) is 14.3 Å². The van der Waals surface area contributed by atoms with E-state index >= 15 is 0 Å². The van der Waals surface area contributed by atoms with Crippen LogP contribution in [0.4, 0.5) is 0 Å². The summed E-state index contributed by atoms with van der Waals surface area (Å²) in [5, 5.41) is 3.21. The van der Waals surface area contributed by atoms with Gasteiger partial charge in [0, 0.05) is 18.6 Å². The summed E-state index contributed by atoms with van der Waals surface area (Å²) in [5.74, 6) is 0.756. The van der Waals surface area contributed by atoms with Crippen molar-refractivity contribution in [2.45, 2.75) is 78.7 Å². The zero-order chi connectivity index (χ0) is 18.5. The lowest BCUT2D eigenvalue weighted by Gasteiger charge is -2.32. The van der Waals surface area contributed by atoms with Gasteiger partial charge in [-0.1, -0.05) is 39.8 Å². The molecule has 0 aromatic rings. The highest BCUT2D eigenvalue weighted by molar-refractivity contribution is 5.82. The third-order valence-electron chi connectivity index (χ3n) is 5.08. The minimum absolute atomic E-state index is 0.0645. The molecule has 0 aliphatic heterocycles. The SMILES string of the molecule is CCCOCC(COCCC)NC(=O)C1(C)CC/C=C/C(CC)CC1. The van der Waals surface area contributed by atoms with Gasteiger partial charge in [0.1, 0.15) is 0 Å². The third-order valence-corrected chi connectivity index (χ3v) is 5.08. The van der Waals surface area contributed by atoms with Crippen LogP contribution < -0.4 is 5.32 Å². The van der Waals surface area contributed by atoms with Gasteiger partial charge in [-0.25, -0.2) is 0 Å². The topological polar surface area (TPSA) is 47.6 Å². The van der Waals surface area contributed by atoms with Gasteiger partial charge in [0.15, 0.2) is 0 Å². The van der Waals surface area contributed by atoms with Gasteiger partial charge in [0.25, 0.3) is 0 Å². The normalized spacial score (nSPS) is 25.4. The smallest absolute Gasteiger partial charge is 0.226 e. The van der Waals surface area contributed by atoms with Crippen molar-refractivity contribution in [3.05, 3.63) is 12.2 Å². The molecule has 2 unspecified atom stereocenters. The first-order chi connectivity index (χ1) is 12.1. The fourth-order valence-corrected chi connectivity index (χ4v) is 3.21. The zero-order valence-electron chi connectivity index (χ0n) is 16.8. The molecule has 0 saturated carbocycles. The summed E-state index contributed by atoms with van der Waals surface area (Å²) in [4.78, 5) is 13.0. The molecule has 1 aliphatic rings. The van der Waals surface area contributed by atoms with Gasteiger partial charge in [-0.3, -0.25) is 4.79 Å². The number of carbonyl (C=O) groups excluding carboxylic acids is 1. The first-order valence-electron chi connectivity index (χ1n) is 10.2. The Kier molecular flexibility index (Phi) is 11.1. The van der Waals surface area contributed by atoms with Gasteiger partial charge >= 0.3 is 0 Å². The molecular weight excluding hydrogens is 314 g/mol. The molecule has 0 radical (unpaired) electrons. The minimum Gasteiger partial charge on any atom is -0.379 e. The predicted molar refractivity (Wildman–Crippen MR) is 104 cm³/mol. The molecule has 25 heavy (non-hydrogen) atoms. The number of amides is 1. The van der Waals surface area contributed by atoms with E-state index in [0.29, 0.717) is 19.1 Å². The lowest BCUT2D eigenvalue weighted by Crippen LogP contribution is -2.48. The quantitative estimate of drug-likeness (QED) is 0.440. The van der Waals surface area contributed by atoms with E-state index in [-0.39, 0.29) is 17.4 Å². The molecule has 4 nitrogen and oxygen atoms in total. The Bertz CT molecular complexity index is 387. The van der Waals surface area contributed by atoms with Crippen LogP contribution >= 0.6 is 0 Å². The molecule has 146 valence electrons. The second-order valence-corrected chi connectivity index (χ2v) is 7.55. The number of ether oxygens (including phenoxy) is 2. The van der Waals surface area contributed by atoms with Crippen molar-refractivity contribution < 1.29 is 14.3 Å². The van der Waals surface area contributed by atoms with Gasteiger partial charge in [0.05, 0.1) is 19.3 Å². The number of carbonyl (C=O) groups is 1. The molecule has 1 N–H and O–H groups in total. The summed E-state index contributed by atoms with van der Waals surface area (Å²) in [6.07, 6.45) is 11.6. The predicted octanol–water partition coefficient (Wildman–Crippen LogP) is 4.49. The highest BCUT2D eigenvalue weighted by atomic mass is 16.5. The van der Waals surface area contributed by atoms with Crippen molar-refractivity contribution in [2.24, 2.45) is 11.3 Å². The van der Waals surface area contributed by atoms with E-state index in [1.807, 2.05) is 0 Å². The molecular formula is C21H39NO3. The Labute approximate surface area is 154 Å². The van der Waals surface area contributed by atoms with Crippen molar-refractivity contribution in [3.63, 3.8) is 0 Å². The van der Waals surface area contributed by atoms with Gasteiger partial charge in [0.2, 0.25) is 5.91 Å². The largest absolute Gasteiger partial charge is 0.379 e. The van der Waals surface area contributed by atoms with Crippen molar-refractivity contribution in [2.75, 3.05) is 26.4 Å². The van der Waals surface area contributed by atoms with Crippen LogP contribution in [0.5, 0.6) is 0 Å². The molecule has 4 heteroatoms. The van der Waals surface area contributed by atoms with Crippen LogP contribution in [0.25, 0.3) is 0 Å². The van der Waals surface area contributed by atoms with Gasteiger partial charge in [-0.15, -0.1) is 0 Å². The maximum Gasteiger partial charge on any atom is 0.226 e. The van der Waals surface area contributed by atoms with E-state index in [2.05, 4.69) is 45.2 Å². The summed E-state index contributed by atoms with van der Waals surface area (Å²) in [5.41, 5.74) is -0.300. The molecule has 2 atom stereocenters. The van der Waals surface area contributed by atoms with Crippen LogP contribution in [0, 0.1) is 11.3 Å². The Morgan fingerprint density at radius 3 is 2.36 bits per heavy atom. The second kappa shape index (κ2) is 12.5. The molecule has 0 bridgehead atoms. The Morgan fingerprint density at radius 2 is 1.80 bits per heavy atom. The fourth-order valence-electron chi connectivity index (χ4n) is 3.21. The third kappa shape index (κ3) is 8.37. The summed E-state index contributed by atoms with van der Waals surface area (Å²) < 4.78 is 11.3. The van der Waals surface area contributed by atoms with Crippen molar-refractivity contribution in [1.82, 2.24) is 5.32 Å². The highest BCUT2D eigenvalue weighted by Gasteiger charge is 2.34. The summed E-state index contributed by atoms with van der Waals surface area (Å²) in [7, 11) is 0. The average molecular weight is 354 g/mol. The fraction of sp³-hybridized carbons (Fsp3) is 0.857. The van der Waals surface area contributed by atoms with E-state index < -0.39 is 0 Å². The summed E-state index contributed by atoms with van der Waals surface area (Å²) in [6.45, 7) is 11.0. The molecule has 0 spiro atoms. The number of hydrogen-bond donors (Lipinski definition) is 1. The first-order valence-corrected chi connectivity index (χ1v) is 10.2. The Hall–Kier alpha value is -0.870. The lowest BCUT2D eigenvalue weighted by molar-refractivity contribution is -0.133. The van der Waals surface area contributed by atoms with E-state index in [9.17, 15) is 4.79 Å². The van der Waals surface area contributed by atoms with Crippen LogP contribution in [-0.4, -0.2) is 38.4 Å². The monoisotopic (exact) mass is 353 g/mol. The number of allylic oxidation sites excluding steroid dienone is 2. The van der Waals surface area contributed by atoms with Crippen LogP contribution in [0.15, 0.2) is 12.2 Å². The summed E-state index contributed by atoms with van der Waals surface area (Å²) in [6, 6.07) is -0.0645. The zero-order valence-corrected chi connectivity index (χ0v) is 16.8. The van der Waals surface area contributed by atoms with Crippen LogP contribution in [0.2, 0.25) is 0 Å². The molecule has 1 rings (SSSR count). The average Bonchev–Trinajstić information content (AvgIpc) is 2.59. The minimum atomic E-state index is -0.300. The molecule has 0 saturated heterocycles. The van der Waals surface area contributed by atoms with Gasteiger partial charge < -0.3 is 14.8 Å². The molecule has 1 amide bonds. The lowest BCUT2D eigenvalue weighted by atomic mass is 9.76. The first kappa shape index (κ1) is 22.2. The van der Waals surface area contributed by atoms with Gasteiger partial charge in [-0.05, 0) is 50.9 Å². The van der Waals surface area contributed by atoms with E-state index in [4.69, 9.17) is 9.47 Å². The number of rotatable bonds is 11. The second-order valence-electron chi connectivity index (χ2n) is 7.55. The summed E-state index contributed by atoms with van der Waals surface area (Å²) >= 11 is 0. The van der Waals surface area contributed by atoms with Crippen molar-refractivity contribution in [3.8, 4) is 0 Å². The number of nitrogens with one attached hydrogen (secondary N) is 1. The standard InChI is InChI=1S/C21H39NO3/c1-5-14-24-16-19(17-25-15-6-2)22-20(23)21(4)12-9-8-10-18(7-3)11-13-21/h8,10,18-19H,5-7,9,11-17H2,1-4H3,(H,22,23)/b10-8+. The maximum atomic E-state index is 13.0. The van der Waals surface area contributed by atoms with E-state index in [1.165, 1.54) is 0 Å². The maximum absolute atomic E-state index is 13.0. The van der Waals surface area contributed by atoms with Crippen LogP contribution in [0.1, 0.15) is 72.6 Å². The van der Waals surface area contributed by atoms with Crippen molar-refractivity contribution in [1.29, 1.82) is 0 Å². The molecule has 0 fully saturated rings. The van der Waals surface area contributed by atoms with E-state index in [1.54, 1.807) is 0 Å².